The lowest BCUT2D eigenvalue weighted by Gasteiger charge is -2.19. The molecule has 0 radical (unpaired) electrons. The lowest BCUT2D eigenvalue weighted by Crippen LogP contribution is -2.28. The van der Waals surface area contributed by atoms with Crippen molar-refractivity contribution >= 4 is 11.6 Å². The van der Waals surface area contributed by atoms with E-state index in [9.17, 15) is 4.79 Å². The summed E-state index contributed by atoms with van der Waals surface area (Å²) in [5.41, 5.74) is 0.709. The van der Waals surface area contributed by atoms with E-state index in [4.69, 9.17) is 14.2 Å². The molecule has 1 aromatic carbocycles. The predicted octanol–water partition coefficient (Wildman–Crippen LogP) is 2.17. The minimum Gasteiger partial charge on any atom is -0.496 e. The van der Waals surface area contributed by atoms with E-state index in [-0.39, 0.29) is 17.8 Å². The molecule has 2 aromatic rings. The molecule has 0 bridgehead atoms. The van der Waals surface area contributed by atoms with Crippen molar-refractivity contribution in [3.8, 4) is 17.6 Å². The molecule has 1 fully saturated rings. The summed E-state index contributed by atoms with van der Waals surface area (Å²) in [5.74, 6) is 0.841. The van der Waals surface area contributed by atoms with Crippen LogP contribution in [0.1, 0.15) is 18.4 Å². The summed E-state index contributed by atoms with van der Waals surface area (Å²) in [6.45, 7) is 0. The van der Waals surface area contributed by atoms with Crippen LogP contribution in [0.3, 0.4) is 0 Å². The molecule has 3 rings (SSSR count). The highest BCUT2D eigenvalue weighted by Gasteiger charge is 2.53. The molecule has 126 valence electrons. The van der Waals surface area contributed by atoms with Crippen molar-refractivity contribution in [1.29, 1.82) is 0 Å². The fraction of sp³-hybridized carbons (Fsp3) is 0.353. The van der Waals surface area contributed by atoms with Crippen LogP contribution < -0.4 is 19.5 Å². The van der Waals surface area contributed by atoms with Gasteiger partial charge in [-0.05, 0) is 18.9 Å². The molecular weight excluding hydrogens is 310 g/mol. The average Bonchev–Trinajstić information content (AvgIpc) is 3.43. The van der Waals surface area contributed by atoms with Crippen molar-refractivity contribution in [3.05, 3.63) is 36.0 Å². The van der Waals surface area contributed by atoms with Crippen molar-refractivity contribution in [2.45, 2.75) is 18.3 Å². The predicted molar refractivity (Wildman–Crippen MR) is 87.7 cm³/mol. The van der Waals surface area contributed by atoms with Crippen LogP contribution in [-0.4, -0.2) is 37.2 Å². The van der Waals surface area contributed by atoms with Crippen LogP contribution in [0.25, 0.3) is 0 Å². The summed E-state index contributed by atoms with van der Waals surface area (Å²) in [7, 11) is 4.55. The molecule has 1 amide bonds. The maximum absolute atomic E-state index is 12.9. The van der Waals surface area contributed by atoms with Gasteiger partial charge < -0.3 is 19.5 Å². The van der Waals surface area contributed by atoms with Crippen LogP contribution in [0.4, 0.5) is 5.69 Å². The molecule has 0 unspecified atom stereocenters. The molecule has 1 aliphatic rings. The maximum atomic E-state index is 12.9. The van der Waals surface area contributed by atoms with Gasteiger partial charge >= 0.3 is 6.01 Å². The van der Waals surface area contributed by atoms with E-state index < -0.39 is 5.41 Å². The van der Waals surface area contributed by atoms with Crippen molar-refractivity contribution in [1.82, 2.24) is 9.97 Å². The van der Waals surface area contributed by atoms with Gasteiger partial charge in [0.2, 0.25) is 11.8 Å². The third-order valence-corrected chi connectivity index (χ3v) is 4.16. The van der Waals surface area contributed by atoms with Gasteiger partial charge in [-0.2, -0.15) is 4.98 Å². The fourth-order valence-electron chi connectivity index (χ4n) is 2.72. The van der Waals surface area contributed by atoms with Crippen molar-refractivity contribution < 1.29 is 19.0 Å². The Bertz CT molecular complexity index is 759. The Balaban J connectivity index is 1.88. The average molecular weight is 329 g/mol. The van der Waals surface area contributed by atoms with E-state index in [1.165, 1.54) is 20.4 Å². The zero-order valence-electron chi connectivity index (χ0n) is 13.8. The highest BCUT2D eigenvalue weighted by Crippen LogP contribution is 2.52. The summed E-state index contributed by atoms with van der Waals surface area (Å²) in [6.07, 6.45) is 3.00. The number of anilines is 1. The highest BCUT2D eigenvalue weighted by molar-refractivity contribution is 6.02. The van der Waals surface area contributed by atoms with Crippen molar-refractivity contribution in [3.63, 3.8) is 0 Å². The first kappa shape index (κ1) is 16.0. The van der Waals surface area contributed by atoms with Gasteiger partial charge in [-0.25, -0.2) is 4.98 Å². The first-order valence-corrected chi connectivity index (χ1v) is 7.54. The number of nitrogens with one attached hydrogen (secondary N) is 1. The minimum absolute atomic E-state index is 0.126. The molecule has 0 atom stereocenters. The standard InChI is InChI=1S/C17H19N3O4/c1-22-13-7-5-4-6-11(13)17(8-9-17)15(21)19-12-10-18-16(24-3)20-14(12)23-2/h4-7,10H,8-9H2,1-3H3,(H,19,21). The number of aromatic nitrogens is 2. The molecule has 1 heterocycles. The molecule has 0 saturated heterocycles. The summed E-state index contributed by atoms with van der Waals surface area (Å²) in [5, 5.41) is 2.87. The van der Waals surface area contributed by atoms with E-state index in [2.05, 4.69) is 15.3 Å². The van der Waals surface area contributed by atoms with Gasteiger partial charge in [0.1, 0.15) is 11.4 Å². The Hall–Kier alpha value is -2.83. The lowest BCUT2D eigenvalue weighted by atomic mass is 9.94. The topological polar surface area (TPSA) is 82.6 Å². The minimum atomic E-state index is -0.586. The molecule has 1 aliphatic carbocycles. The molecule has 1 saturated carbocycles. The number of methoxy groups -OCH3 is 3. The monoisotopic (exact) mass is 329 g/mol. The number of amides is 1. The van der Waals surface area contributed by atoms with Crippen molar-refractivity contribution in [2.75, 3.05) is 26.6 Å². The molecular formula is C17H19N3O4. The number of carbonyl (C=O) groups is 1. The smallest absolute Gasteiger partial charge is 0.319 e. The van der Waals surface area contributed by atoms with Gasteiger partial charge in [0.15, 0.2) is 0 Å². The number of hydrogen-bond acceptors (Lipinski definition) is 6. The summed E-state index contributed by atoms with van der Waals surface area (Å²) in [4.78, 5) is 21.0. The Labute approximate surface area is 140 Å². The number of rotatable bonds is 6. The van der Waals surface area contributed by atoms with Gasteiger partial charge in [0, 0.05) is 5.56 Å². The zero-order chi connectivity index (χ0) is 17.2. The van der Waals surface area contributed by atoms with Crippen molar-refractivity contribution in [2.24, 2.45) is 0 Å². The van der Waals surface area contributed by atoms with E-state index in [1.807, 2.05) is 24.3 Å². The van der Waals surface area contributed by atoms with E-state index in [1.54, 1.807) is 7.11 Å². The van der Waals surface area contributed by atoms with Crippen LogP contribution in [0.15, 0.2) is 30.5 Å². The van der Waals surface area contributed by atoms with Crippen LogP contribution in [0.5, 0.6) is 17.6 Å². The number of hydrogen-bond donors (Lipinski definition) is 1. The van der Waals surface area contributed by atoms with Gasteiger partial charge in [0.05, 0.1) is 32.9 Å². The second kappa shape index (κ2) is 6.35. The lowest BCUT2D eigenvalue weighted by molar-refractivity contribution is -0.118. The van der Waals surface area contributed by atoms with Crippen LogP contribution in [0, 0.1) is 0 Å². The summed E-state index contributed by atoms with van der Waals surface area (Å²) in [6, 6.07) is 7.75. The molecule has 0 aliphatic heterocycles. The number of nitrogens with zero attached hydrogens (tertiary/aromatic N) is 2. The van der Waals surface area contributed by atoms with E-state index >= 15 is 0 Å². The Morgan fingerprint density at radius 3 is 2.50 bits per heavy atom. The highest BCUT2D eigenvalue weighted by atomic mass is 16.5. The summed E-state index contributed by atoms with van der Waals surface area (Å²) >= 11 is 0. The zero-order valence-corrected chi connectivity index (χ0v) is 13.8. The number of para-hydroxylation sites is 1. The third-order valence-electron chi connectivity index (χ3n) is 4.16. The van der Waals surface area contributed by atoms with Gasteiger partial charge in [-0.1, -0.05) is 18.2 Å². The van der Waals surface area contributed by atoms with E-state index in [0.29, 0.717) is 11.4 Å². The molecule has 1 aromatic heterocycles. The normalized spacial score (nSPS) is 14.6. The molecule has 7 heteroatoms. The Morgan fingerprint density at radius 2 is 1.88 bits per heavy atom. The number of ether oxygens (including phenoxy) is 3. The second-order valence-electron chi connectivity index (χ2n) is 5.52. The van der Waals surface area contributed by atoms with Crippen LogP contribution in [-0.2, 0) is 10.2 Å². The van der Waals surface area contributed by atoms with Crippen LogP contribution >= 0.6 is 0 Å². The fourth-order valence-corrected chi connectivity index (χ4v) is 2.72. The maximum Gasteiger partial charge on any atom is 0.319 e. The van der Waals surface area contributed by atoms with E-state index in [0.717, 1.165) is 18.4 Å². The molecule has 7 nitrogen and oxygen atoms in total. The SMILES string of the molecule is COc1ncc(NC(=O)C2(c3ccccc3OC)CC2)c(OC)n1. The number of carbonyl (C=O) groups excluding carboxylic acids is 1. The van der Waals surface area contributed by atoms with Gasteiger partial charge in [-0.3, -0.25) is 4.79 Å². The molecule has 1 N–H and O–H groups in total. The van der Waals surface area contributed by atoms with Gasteiger partial charge in [-0.15, -0.1) is 0 Å². The first-order valence-electron chi connectivity index (χ1n) is 7.54. The van der Waals surface area contributed by atoms with Gasteiger partial charge in [0.25, 0.3) is 0 Å². The molecule has 24 heavy (non-hydrogen) atoms. The third kappa shape index (κ3) is 2.73. The second-order valence-corrected chi connectivity index (χ2v) is 5.52. The quantitative estimate of drug-likeness (QED) is 0.874. The molecule has 0 spiro atoms. The largest absolute Gasteiger partial charge is 0.496 e. The first-order chi connectivity index (χ1) is 11.6. The Kier molecular flexibility index (Phi) is 4.24. The van der Waals surface area contributed by atoms with Crippen LogP contribution in [0.2, 0.25) is 0 Å². The Morgan fingerprint density at radius 1 is 1.12 bits per heavy atom. The summed E-state index contributed by atoms with van der Waals surface area (Å²) < 4.78 is 15.6. The number of benzene rings is 1.